The van der Waals surface area contributed by atoms with Crippen molar-refractivity contribution in [3.05, 3.63) is 17.8 Å². The smallest absolute Gasteiger partial charge is 0.131 e. The van der Waals surface area contributed by atoms with E-state index in [4.69, 9.17) is 5.73 Å². The molecule has 1 atom stereocenters. The predicted molar refractivity (Wildman–Crippen MR) is 67.5 cm³/mol. The van der Waals surface area contributed by atoms with Gasteiger partial charge in [0.1, 0.15) is 5.82 Å². The fraction of sp³-hybridized carbons (Fsp3) is 0.545. The van der Waals surface area contributed by atoms with Gasteiger partial charge in [-0.3, -0.25) is 0 Å². The maximum Gasteiger partial charge on any atom is 0.131 e. The quantitative estimate of drug-likeness (QED) is 0.790. The summed E-state index contributed by atoms with van der Waals surface area (Å²) < 4.78 is 0. The molecule has 0 radical (unpaired) electrons. The first-order valence-corrected chi connectivity index (χ1v) is 6.40. The van der Waals surface area contributed by atoms with Gasteiger partial charge in [0.05, 0.1) is 11.9 Å². The Morgan fingerprint density at radius 3 is 3.07 bits per heavy atom. The summed E-state index contributed by atoms with van der Waals surface area (Å²) in [5.41, 5.74) is 7.63. The van der Waals surface area contributed by atoms with Gasteiger partial charge < -0.3 is 10.6 Å². The zero-order valence-corrected chi connectivity index (χ0v) is 10.0. The number of nitrogens with zero attached hydrogens (tertiary/aromatic N) is 2. The topological polar surface area (TPSA) is 42.1 Å². The van der Waals surface area contributed by atoms with E-state index in [2.05, 4.69) is 23.7 Å². The fourth-order valence-corrected chi connectivity index (χ4v) is 2.95. The maximum atomic E-state index is 5.71. The van der Waals surface area contributed by atoms with Crippen LogP contribution in [-0.4, -0.2) is 29.1 Å². The lowest BCUT2D eigenvalue weighted by atomic mass is 10.2. The van der Waals surface area contributed by atoms with Gasteiger partial charge in [-0.15, -0.1) is 0 Å². The van der Waals surface area contributed by atoms with Gasteiger partial charge >= 0.3 is 0 Å². The van der Waals surface area contributed by atoms with Crippen molar-refractivity contribution in [1.82, 2.24) is 4.98 Å². The normalized spacial score (nSPS) is 21.7. The Morgan fingerprint density at radius 2 is 2.40 bits per heavy atom. The van der Waals surface area contributed by atoms with Crippen molar-refractivity contribution in [1.29, 1.82) is 0 Å². The van der Waals surface area contributed by atoms with E-state index in [9.17, 15) is 0 Å². The minimum Gasteiger partial charge on any atom is -0.397 e. The first-order chi connectivity index (χ1) is 7.18. The van der Waals surface area contributed by atoms with E-state index in [0.29, 0.717) is 6.04 Å². The van der Waals surface area contributed by atoms with Crippen molar-refractivity contribution < 1.29 is 0 Å². The number of nitrogen functional groups attached to an aromatic ring is 1. The third-order valence-electron chi connectivity index (χ3n) is 2.71. The number of anilines is 2. The number of hydrogen-bond donors (Lipinski definition) is 1. The zero-order chi connectivity index (χ0) is 10.8. The minimum atomic E-state index is 0.568. The average Bonchev–Trinajstić information content (AvgIpc) is 2.20. The van der Waals surface area contributed by atoms with Crippen molar-refractivity contribution >= 4 is 23.3 Å². The zero-order valence-electron chi connectivity index (χ0n) is 9.23. The van der Waals surface area contributed by atoms with E-state index < -0.39 is 0 Å². The molecule has 15 heavy (non-hydrogen) atoms. The van der Waals surface area contributed by atoms with Gasteiger partial charge in [-0.25, -0.2) is 4.98 Å². The molecule has 0 spiro atoms. The van der Waals surface area contributed by atoms with Crippen molar-refractivity contribution in [3.8, 4) is 0 Å². The molecule has 1 aliphatic heterocycles. The molecular formula is C11H17N3S. The second-order valence-electron chi connectivity index (χ2n) is 4.03. The van der Waals surface area contributed by atoms with Crippen LogP contribution in [0.1, 0.15) is 12.5 Å². The minimum absolute atomic E-state index is 0.568. The number of rotatable bonds is 1. The van der Waals surface area contributed by atoms with Gasteiger partial charge in [-0.1, -0.05) is 0 Å². The molecule has 1 saturated heterocycles. The van der Waals surface area contributed by atoms with Crippen LogP contribution in [0.5, 0.6) is 0 Å². The summed E-state index contributed by atoms with van der Waals surface area (Å²) in [4.78, 5) is 6.82. The third kappa shape index (κ3) is 2.20. The fourth-order valence-electron chi connectivity index (χ4n) is 1.93. The first kappa shape index (κ1) is 10.6. The van der Waals surface area contributed by atoms with Gasteiger partial charge in [0.15, 0.2) is 0 Å². The maximum absolute atomic E-state index is 5.71. The summed E-state index contributed by atoms with van der Waals surface area (Å²) >= 11 is 2.02. The second-order valence-corrected chi connectivity index (χ2v) is 5.18. The molecule has 4 heteroatoms. The van der Waals surface area contributed by atoms with E-state index in [1.807, 2.05) is 17.8 Å². The summed E-state index contributed by atoms with van der Waals surface area (Å²) in [6.07, 6.45) is 1.75. The lowest BCUT2D eigenvalue weighted by Crippen LogP contribution is -2.41. The summed E-state index contributed by atoms with van der Waals surface area (Å²) in [6.45, 7) is 5.42. The van der Waals surface area contributed by atoms with E-state index in [-0.39, 0.29) is 0 Å². The molecular weight excluding hydrogens is 206 g/mol. The van der Waals surface area contributed by atoms with E-state index in [1.165, 1.54) is 17.1 Å². The second kappa shape index (κ2) is 4.31. The van der Waals surface area contributed by atoms with Crippen LogP contribution >= 0.6 is 11.8 Å². The lowest BCUT2D eigenvalue weighted by Gasteiger charge is -2.34. The van der Waals surface area contributed by atoms with Crippen LogP contribution in [0.25, 0.3) is 0 Å². The van der Waals surface area contributed by atoms with Crippen molar-refractivity contribution in [2.75, 3.05) is 28.7 Å². The van der Waals surface area contributed by atoms with E-state index in [1.54, 1.807) is 6.20 Å². The van der Waals surface area contributed by atoms with Crippen LogP contribution in [-0.2, 0) is 0 Å². The highest BCUT2D eigenvalue weighted by atomic mass is 32.2. The number of pyridine rings is 1. The van der Waals surface area contributed by atoms with Gasteiger partial charge in [-0.2, -0.15) is 11.8 Å². The highest BCUT2D eigenvalue weighted by Crippen LogP contribution is 2.25. The van der Waals surface area contributed by atoms with Crippen LogP contribution in [0.3, 0.4) is 0 Å². The molecule has 1 fully saturated rings. The highest BCUT2D eigenvalue weighted by Gasteiger charge is 2.21. The monoisotopic (exact) mass is 223 g/mol. The number of hydrogen-bond acceptors (Lipinski definition) is 4. The molecule has 1 aromatic heterocycles. The van der Waals surface area contributed by atoms with Crippen LogP contribution in [0.2, 0.25) is 0 Å². The number of nitrogens with two attached hydrogens (primary N) is 1. The molecule has 1 unspecified atom stereocenters. The molecule has 2 N–H and O–H groups in total. The average molecular weight is 223 g/mol. The molecule has 0 amide bonds. The molecule has 2 rings (SSSR count). The molecule has 82 valence electrons. The largest absolute Gasteiger partial charge is 0.397 e. The molecule has 1 aliphatic rings. The highest BCUT2D eigenvalue weighted by molar-refractivity contribution is 7.99. The Morgan fingerprint density at radius 1 is 1.60 bits per heavy atom. The van der Waals surface area contributed by atoms with Gasteiger partial charge in [0.25, 0.3) is 0 Å². The van der Waals surface area contributed by atoms with E-state index in [0.717, 1.165) is 18.1 Å². The Labute approximate surface area is 95.1 Å². The number of aromatic nitrogens is 1. The molecule has 1 aromatic rings. The lowest BCUT2D eigenvalue weighted by molar-refractivity contribution is 0.687. The van der Waals surface area contributed by atoms with Crippen LogP contribution < -0.4 is 10.6 Å². The Bertz CT molecular complexity index is 354. The summed E-state index contributed by atoms with van der Waals surface area (Å²) in [5, 5.41) is 0. The van der Waals surface area contributed by atoms with Crippen LogP contribution in [0, 0.1) is 6.92 Å². The predicted octanol–water partition coefficient (Wildman–Crippen LogP) is 1.91. The Kier molecular flexibility index (Phi) is 3.05. The number of aryl methyl sites for hydroxylation is 1. The molecule has 0 saturated carbocycles. The van der Waals surface area contributed by atoms with Gasteiger partial charge in [0.2, 0.25) is 0 Å². The molecule has 3 nitrogen and oxygen atoms in total. The first-order valence-electron chi connectivity index (χ1n) is 5.25. The van der Waals surface area contributed by atoms with E-state index >= 15 is 0 Å². The third-order valence-corrected chi connectivity index (χ3v) is 3.90. The SMILES string of the molecule is Cc1cc(N)cnc1N1CCSCC1C. The summed E-state index contributed by atoms with van der Waals surface area (Å²) in [7, 11) is 0. The molecule has 0 aromatic carbocycles. The van der Waals surface area contributed by atoms with Crippen molar-refractivity contribution in [3.63, 3.8) is 0 Å². The Balaban J connectivity index is 2.27. The summed E-state index contributed by atoms with van der Waals surface area (Å²) in [6, 6.07) is 2.56. The standard InChI is InChI=1S/C11H17N3S/c1-8-5-10(12)6-13-11(8)14-3-4-15-7-9(14)2/h5-6,9H,3-4,7,12H2,1-2H3. The molecule has 0 aliphatic carbocycles. The van der Waals surface area contributed by atoms with Crippen LogP contribution in [0.15, 0.2) is 12.3 Å². The van der Waals surface area contributed by atoms with Crippen LogP contribution in [0.4, 0.5) is 11.5 Å². The molecule has 2 heterocycles. The van der Waals surface area contributed by atoms with Crippen molar-refractivity contribution in [2.24, 2.45) is 0 Å². The van der Waals surface area contributed by atoms with Crippen molar-refractivity contribution in [2.45, 2.75) is 19.9 Å². The summed E-state index contributed by atoms with van der Waals surface area (Å²) in [5.74, 6) is 3.47. The Hall–Kier alpha value is -0.900. The molecule has 0 bridgehead atoms. The van der Waals surface area contributed by atoms with Gasteiger partial charge in [-0.05, 0) is 25.5 Å². The number of thioether (sulfide) groups is 1. The van der Waals surface area contributed by atoms with Gasteiger partial charge in [0, 0.05) is 24.1 Å².